The minimum atomic E-state index is -1.18. The molecule has 1 atom stereocenters. The van der Waals surface area contributed by atoms with Crippen LogP contribution in [0, 0.1) is 0 Å². The summed E-state index contributed by atoms with van der Waals surface area (Å²) in [6.45, 7) is 2.77. The maximum atomic E-state index is 11.7. The van der Waals surface area contributed by atoms with E-state index in [0.717, 1.165) is 6.07 Å². The van der Waals surface area contributed by atoms with E-state index in [0.29, 0.717) is 0 Å². The normalized spacial score (nSPS) is 11.5. The molecule has 0 bridgehead atoms. The quantitative estimate of drug-likeness (QED) is 0.594. The van der Waals surface area contributed by atoms with Gasteiger partial charge in [-0.3, -0.25) is 9.59 Å². The highest BCUT2D eigenvalue weighted by molar-refractivity contribution is 5.98. The lowest BCUT2D eigenvalue weighted by Gasteiger charge is -2.13. The van der Waals surface area contributed by atoms with Crippen LogP contribution in [0.2, 0.25) is 0 Å². The van der Waals surface area contributed by atoms with Gasteiger partial charge >= 0.3 is 5.97 Å². The summed E-state index contributed by atoms with van der Waals surface area (Å²) in [7, 11) is 0. The molecule has 1 unspecified atom stereocenters. The van der Waals surface area contributed by atoms with Crippen molar-refractivity contribution in [3.63, 3.8) is 0 Å². The van der Waals surface area contributed by atoms with Crippen LogP contribution < -0.4 is 10.6 Å². The number of phenolic OH excluding ortho intramolecular Hbond substituents is 1. The van der Waals surface area contributed by atoms with Gasteiger partial charge in [0.05, 0.1) is 11.3 Å². The Hall–Kier alpha value is -2.57. The summed E-state index contributed by atoms with van der Waals surface area (Å²) >= 11 is 0. The topological polar surface area (TPSA) is 116 Å². The van der Waals surface area contributed by atoms with Gasteiger partial charge in [-0.1, -0.05) is 0 Å². The molecule has 1 aromatic rings. The van der Waals surface area contributed by atoms with Crippen LogP contribution in [-0.2, 0) is 9.59 Å². The number of anilines is 1. The zero-order valence-corrected chi connectivity index (χ0v) is 10.4. The number of hydrogen-bond acceptors (Lipinski definition) is 4. The number of nitrogens with one attached hydrogen (secondary N) is 2. The molecule has 19 heavy (non-hydrogen) atoms. The molecule has 2 amide bonds. The van der Waals surface area contributed by atoms with Crippen LogP contribution in [-0.4, -0.2) is 34.0 Å². The maximum absolute atomic E-state index is 11.7. The van der Waals surface area contributed by atoms with Gasteiger partial charge in [0.15, 0.2) is 0 Å². The molecule has 1 rings (SSSR count). The first-order valence-corrected chi connectivity index (χ1v) is 5.45. The molecule has 7 nitrogen and oxygen atoms in total. The molecule has 0 heterocycles. The Labute approximate surface area is 109 Å². The van der Waals surface area contributed by atoms with Gasteiger partial charge in [0.1, 0.15) is 11.8 Å². The Bertz CT molecular complexity index is 527. The molecule has 0 aliphatic rings. The number of carbonyl (C=O) groups is 3. The van der Waals surface area contributed by atoms with Crippen molar-refractivity contribution in [3.8, 4) is 5.75 Å². The Morgan fingerprint density at radius 3 is 2.37 bits per heavy atom. The standard InChI is InChI=1S/C12H14N2O5/c1-6(13-7(2)15)11(17)14-9-4-3-8(12(18)19)5-10(9)16/h3-6,16H,1-2H3,(H,13,15)(H,14,17)(H,18,19). The molecule has 1 aromatic carbocycles. The van der Waals surface area contributed by atoms with Gasteiger partial charge in [-0.2, -0.15) is 0 Å². The highest BCUT2D eigenvalue weighted by Gasteiger charge is 2.16. The second-order valence-corrected chi connectivity index (χ2v) is 3.95. The van der Waals surface area contributed by atoms with Gasteiger partial charge in [0.25, 0.3) is 0 Å². The summed E-state index contributed by atoms with van der Waals surface area (Å²) in [6.07, 6.45) is 0. The minimum absolute atomic E-state index is 0.0761. The van der Waals surface area contributed by atoms with Gasteiger partial charge in [-0.15, -0.1) is 0 Å². The van der Waals surface area contributed by atoms with Crippen LogP contribution in [0.4, 0.5) is 5.69 Å². The Morgan fingerprint density at radius 2 is 1.89 bits per heavy atom. The highest BCUT2D eigenvalue weighted by Crippen LogP contribution is 2.24. The van der Waals surface area contributed by atoms with Gasteiger partial charge in [0.2, 0.25) is 11.8 Å². The summed E-state index contributed by atoms with van der Waals surface area (Å²) in [4.78, 5) is 33.1. The third kappa shape index (κ3) is 3.98. The second-order valence-electron chi connectivity index (χ2n) is 3.95. The van der Waals surface area contributed by atoms with Crippen LogP contribution in [0.3, 0.4) is 0 Å². The minimum Gasteiger partial charge on any atom is -0.506 e. The maximum Gasteiger partial charge on any atom is 0.335 e. The lowest BCUT2D eigenvalue weighted by atomic mass is 10.2. The molecule has 7 heteroatoms. The van der Waals surface area contributed by atoms with Gasteiger partial charge in [-0.25, -0.2) is 4.79 Å². The molecule has 0 saturated carbocycles. The van der Waals surface area contributed by atoms with Crippen molar-refractivity contribution in [1.29, 1.82) is 0 Å². The van der Waals surface area contributed by atoms with E-state index >= 15 is 0 Å². The van der Waals surface area contributed by atoms with Crippen molar-refractivity contribution in [2.75, 3.05) is 5.32 Å². The van der Waals surface area contributed by atoms with Crippen molar-refractivity contribution >= 4 is 23.5 Å². The van der Waals surface area contributed by atoms with E-state index in [4.69, 9.17) is 5.11 Å². The van der Waals surface area contributed by atoms with Gasteiger partial charge < -0.3 is 20.8 Å². The molecular weight excluding hydrogens is 252 g/mol. The number of phenols is 1. The van der Waals surface area contributed by atoms with Crippen LogP contribution in [0.15, 0.2) is 18.2 Å². The van der Waals surface area contributed by atoms with E-state index in [9.17, 15) is 19.5 Å². The van der Waals surface area contributed by atoms with E-state index < -0.39 is 17.9 Å². The lowest BCUT2D eigenvalue weighted by molar-refractivity contribution is -0.124. The third-order valence-electron chi connectivity index (χ3n) is 2.32. The van der Waals surface area contributed by atoms with Crippen molar-refractivity contribution in [2.45, 2.75) is 19.9 Å². The van der Waals surface area contributed by atoms with Crippen LogP contribution in [0.5, 0.6) is 5.75 Å². The molecule has 0 aromatic heterocycles. The first kappa shape index (κ1) is 14.5. The largest absolute Gasteiger partial charge is 0.506 e. The number of aromatic carboxylic acids is 1. The molecule has 0 aliphatic heterocycles. The van der Waals surface area contributed by atoms with E-state index in [2.05, 4.69) is 10.6 Å². The van der Waals surface area contributed by atoms with Crippen LogP contribution >= 0.6 is 0 Å². The number of amides is 2. The number of hydrogen-bond donors (Lipinski definition) is 4. The first-order chi connectivity index (χ1) is 8.81. The summed E-state index contributed by atoms with van der Waals surface area (Å²) in [5.74, 6) is -2.41. The number of carboxylic acid groups (broad SMARTS) is 1. The van der Waals surface area contributed by atoms with Crippen molar-refractivity contribution in [3.05, 3.63) is 23.8 Å². The van der Waals surface area contributed by atoms with Gasteiger partial charge in [0, 0.05) is 6.92 Å². The first-order valence-electron chi connectivity index (χ1n) is 5.45. The number of aromatic hydroxyl groups is 1. The lowest BCUT2D eigenvalue weighted by Crippen LogP contribution is -2.40. The van der Waals surface area contributed by atoms with Crippen LogP contribution in [0.25, 0.3) is 0 Å². The Balaban J connectivity index is 2.80. The van der Waals surface area contributed by atoms with E-state index in [-0.39, 0.29) is 22.9 Å². The van der Waals surface area contributed by atoms with E-state index in [1.807, 2.05) is 0 Å². The second kappa shape index (κ2) is 5.85. The molecule has 0 spiro atoms. The molecule has 0 aliphatic carbocycles. The fraction of sp³-hybridized carbons (Fsp3) is 0.250. The predicted octanol–water partition coefficient (Wildman–Crippen LogP) is 0.553. The number of benzene rings is 1. The summed E-state index contributed by atoms with van der Waals surface area (Å²) in [5, 5.41) is 23.1. The fourth-order valence-electron chi connectivity index (χ4n) is 1.38. The number of carbonyl (C=O) groups excluding carboxylic acids is 2. The van der Waals surface area contributed by atoms with E-state index in [1.54, 1.807) is 0 Å². The van der Waals surface area contributed by atoms with Crippen molar-refractivity contribution < 1.29 is 24.6 Å². The van der Waals surface area contributed by atoms with E-state index in [1.165, 1.54) is 26.0 Å². The SMILES string of the molecule is CC(=O)NC(C)C(=O)Nc1ccc(C(=O)O)cc1O. The molecule has 0 fully saturated rings. The molecule has 0 saturated heterocycles. The zero-order valence-electron chi connectivity index (χ0n) is 10.4. The summed E-state index contributed by atoms with van der Waals surface area (Å²) in [6, 6.07) is 2.79. The summed E-state index contributed by atoms with van der Waals surface area (Å²) < 4.78 is 0. The number of carboxylic acids is 1. The van der Waals surface area contributed by atoms with Crippen LogP contribution in [0.1, 0.15) is 24.2 Å². The fourth-order valence-corrected chi connectivity index (χ4v) is 1.38. The third-order valence-corrected chi connectivity index (χ3v) is 2.32. The monoisotopic (exact) mass is 266 g/mol. The Kier molecular flexibility index (Phi) is 4.46. The molecule has 4 N–H and O–H groups in total. The number of rotatable bonds is 4. The highest BCUT2D eigenvalue weighted by atomic mass is 16.4. The predicted molar refractivity (Wildman–Crippen MR) is 67.0 cm³/mol. The molecule has 102 valence electrons. The van der Waals surface area contributed by atoms with Gasteiger partial charge in [-0.05, 0) is 25.1 Å². The van der Waals surface area contributed by atoms with Crippen molar-refractivity contribution in [1.82, 2.24) is 5.32 Å². The zero-order chi connectivity index (χ0) is 14.6. The Morgan fingerprint density at radius 1 is 1.26 bits per heavy atom. The van der Waals surface area contributed by atoms with Crippen molar-refractivity contribution in [2.24, 2.45) is 0 Å². The molecular formula is C12H14N2O5. The summed E-state index contributed by atoms with van der Waals surface area (Å²) in [5.41, 5.74) is -0.0161. The average Bonchev–Trinajstić information content (AvgIpc) is 2.30. The smallest absolute Gasteiger partial charge is 0.335 e. The average molecular weight is 266 g/mol. The molecule has 0 radical (unpaired) electrons.